The van der Waals surface area contributed by atoms with Gasteiger partial charge in [-0.2, -0.15) is 44.8 Å². The molecular formula is C18H7Cl2F9N6O. The summed E-state index contributed by atoms with van der Waals surface area (Å²) in [4.78, 5) is 17.7. The van der Waals surface area contributed by atoms with Crippen molar-refractivity contribution in [3.8, 4) is 11.8 Å². The zero-order chi connectivity index (χ0) is 27.2. The van der Waals surface area contributed by atoms with Crippen molar-refractivity contribution in [3.63, 3.8) is 0 Å². The van der Waals surface area contributed by atoms with Gasteiger partial charge in [-0.15, -0.1) is 5.10 Å². The first-order chi connectivity index (χ1) is 16.4. The quantitative estimate of drug-likeness (QED) is 0.369. The smallest absolute Gasteiger partial charge is 0.310 e. The summed E-state index contributed by atoms with van der Waals surface area (Å²) in [6.07, 6.45) is -16.9. The highest BCUT2D eigenvalue weighted by Crippen LogP contribution is 2.43. The molecule has 0 saturated carbocycles. The first-order valence-electron chi connectivity index (χ1n) is 9.13. The van der Waals surface area contributed by atoms with Gasteiger partial charge >= 0.3 is 18.5 Å². The molecule has 36 heavy (non-hydrogen) atoms. The van der Waals surface area contributed by atoms with Crippen LogP contribution in [0.5, 0.6) is 0 Å². The molecule has 1 amide bonds. The number of rotatable bonds is 4. The third kappa shape index (κ3) is 5.41. The number of carbonyl (C=O) groups excluding carboxylic acids is 1. The SMILES string of the molecule is N#CCCC(=O)Nc1c2c(C(F)(F)F)nc(C(F)(F)F)nc2nn1-c1c(Cl)cc(C(F)(F)F)cc1Cl. The Bertz CT molecular complexity index is 1370. The van der Waals surface area contributed by atoms with Crippen LogP contribution in [0.4, 0.5) is 45.3 Å². The lowest BCUT2D eigenvalue weighted by Gasteiger charge is -2.15. The summed E-state index contributed by atoms with van der Waals surface area (Å²) in [5.74, 6) is -4.30. The van der Waals surface area contributed by atoms with Crippen LogP contribution >= 0.6 is 23.2 Å². The van der Waals surface area contributed by atoms with Gasteiger partial charge in [0.1, 0.15) is 11.5 Å². The number of anilines is 1. The Morgan fingerprint density at radius 2 is 1.56 bits per heavy atom. The second kappa shape index (κ2) is 9.28. The van der Waals surface area contributed by atoms with Gasteiger partial charge in [-0.1, -0.05) is 23.2 Å². The van der Waals surface area contributed by atoms with Gasteiger partial charge in [0, 0.05) is 12.8 Å². The fourth-order valence-corrected chi connectivity index (χ4v) is 3.54. The molecule has 0 atom stereocenters. The van der Waals surface area contributed by atoms with Crippen molar-refractivity contribution < 1.29 is 44.3 Å². The maximum Gasteiger partial charge on any atom is 0.451 e. The van der Waals surface area contributed by atoms with E-state index in [0.717, 1.165) is 0 Å². The highest BCUT2D eigenvalue weighted by molar-refractivity contribution is 6.38. The number of hydrogen-bond donors (Lipinski definition) is 1. The Hall–Kier alpha value is -3.32. The Kier molecular flexibility index (Phi) is 7.03. The van der Waals surface area contributed by atoms with Crippen LogP contribution in [0.15, 0.2) is 12.1 Å². The lowest BCUT2D eigenvalue weighted by Crippen LogP contribution is -2.19. The van der Waals surface area contributed by atoms with Crippen LogP contribution in [-0.2, 0) is 23.3 Å². The topological polar surface area (TPSA) is 96.5 Å². The average Bonchev–Trinajstić information content (AvgIpc) is 3.06. The van der Waals surface area contributed by atoms with Crippen LogP contribution in [0, 0.1) is 11.3 Å². The van der Waals surface area contributed by atoms with E-state index >= 15 is 0 Å². The lowest BCUT2D eigenvalue weighted by molar-refractivity contribution is -0.151. The van der Waals surface area contributed by atoms with E-state index in [0.29, 0.717) is 16.8 Å². The van der Waals surface area contributed by atoms with Crippen molar-refractivity contribution in [1.82, 2.24) is 19.7 Å². The third-order valence-corrected chi connectivity index (χ3v) is 4.91. The number of alkyl halides is 9. The van der Waals surface area contributed by atoms with Crippen LogP contribution in [0.1, 0.15) is 29.9 Å². The molecule has 3 rings (SSSR count). The van der Waals surface area contributed by atoms with Crippen molar-refractivity contribution in [2.24, 2.45) is 0 Å². The molecule has 0 spiro atoms. The summed E-state index contributed by atoms with van der Waals surface area (Å²) >= 11 is 11.8. The average molecular weight is 565 g/mol. The molecule has 0 bridgehead atoms. The van der Waals surface area contributed by atoms with E-state index in [1.807, 2.05) is 5.32 Å². The van der Waals surface area contributed by atoms with E-state index in [4.69, 9.17) is 28.5 Å². The van der Waals surface area contributed by atoms with E-state index in [-0.39, 0.29) is 0 Å². The van der Waals surface area contributed by atoms with E-state index in [9.17, 15) is 44.3 Å². The van der Waals surface area contributed by atoms with Crippen molar-refractivity contribution in [1.29, 1.82) is 5.26 Å². The number of amides is 1. The molecular weight excluding hydrogens is 558 g/mol. The van der Waals surface area contributed by atoms with Crippen LogP contribution < -0.4 is 5.32 Å². The molecule has 2 aromatic heterocycles. The Morgan fingerprint density at radius 1 is 0.972 bits per heavy atom. The zero-order valence-electron chi connectivity index (χ0n) is 16.9. The number of fused-ring (bicyclic) bond motifs is 1. The molecule has 18 heteroatoms. The molecule has 0 aliphatic carbocycles. The molecule has 1 N–H and O–H groups in total. The third-order valence-electron chi connectivity index (χ3n) is 4.33. The number of nitrogens with one attached hydrogen (secondary N) is 1. The maximum absolute atomic E-state index is 13.7. The molecule has 7 nitrogen and oxygen atoms in total. The largest absolute Gasteiger partial charge is 0.451 e. The van der Waals surface area contributed by atoms with Crippen LogP contribution in [0.3, 0.4) is 0 Å². The summed E-state index contributed by atoms with van der Waals surface area (Å²) < 4.78 is 120. The summed E-state index contributed by atoms with van der Waals surface area (Å²) in [6, 6.07) is 2.28. The van der Waals surface area contributed by atoms with Crippen LogP contribution in [0.2, 0.25) is 10.0 Å². The summed E-state index contributed by atoms with van der Waals surface area (Å²) in [5.41, 5.74) is -5.44. The van der Waals surface area contributed by atoms with Gasteiger partial charge in [0.05, 0.1) is 27.1 Å². The standard InChI is InChI=1S/C18H7Cl2F9N6O/c19-7-4-6(16(21,22)23)5-8(20)11(7)35-14(31-9(36)2-1-3-30)10-12(17(24,25)26)32-15(18(27,28)29)33-13(10)34-35/h4-5H,1-2H2,(H,31,36). The summed E-state index contributed by atoms with van der Waals surface area (Å²) in [5, 5.41) is 11.2. The Morgan fingerprint density at radius 3 is 2.03 bits per heavy atom. The number of benzene rings is 1. The van der Waals surface area contributed by atoms with Crippen LogP contribution in [0.25, 0.3) is 16.7 Å². The number of carbonyl (C=O) groups is 1. The highest BCUT2D eigenvalue weighted by Gasteiger charge is 2.43. The molecule has 0 aliphatic heterocycles. The molecule has 2 heterocycles. The summed E-state index contributed by atoms with van der Waals surface area (Å²) in [6.45, 7) is 0. The molecule has 192 valence electrons. The normalized spacial score (nSPS) is 12.6. The van der Waals surface area contributed by atoms with Crippen molar-refractivity contribution in [2.75, 3.05) is 5.32 Å². The minimum absolute atomic E-state index is 0.309. The molecule has 0 radical (unpaired) electrons. The van der Waals surface area contributed by atoms with E-state index in [1.54, 1.807) is 6.07 Å². The number of nitrogens with zero attached hydrogens (tertiary/aromatic N) is 5. The second-order valence-electron chi connectivity index (χ2n) is 6.84. The number of hydrogen-bond acceptors (Lipinski definition) is 5. The van der Waals surface area contributed by atoms with Gasteiger partial charge in [0.2, 0.25) is 11.7 Å². The van der Waals surface area contributed by atoms with Gasteiger partial charge in [0.15, 0.2) is 11.3 Å². The van der Waals surface area contributed by atoms with Crippen LogP contribution in [-0.4, -0.2) is 25.7 Å². The minimum atomic E-state index is -5.53. The van der Waals surface area contributed by atoms with Crippen molar-refractivity contribution >= 4 is 46.0 Å². The molecule has 0 unspecified atom stereocenters. The molecule has 1 aromatic carbocycles. The maximum atomic E-state index is 13.7. The molecule has 0 fully saturated rings. The number of aromatic nitrogens is 4. The van der Waals surface area contributed by atoms with Gasteiger partial charge < -0.3 is 5.32 Å². The van der Waals surface area contributed by atoms with Gasteiger partial charge in [0.25, 0.3) is 0 Å². The monoisotopic (exact) mass is 564 g/mol. The first-order valence-corrected chi connectivity index (χ1v) is 9.89. The minimum Gasteiger partial charge on any atom is -0.310 e. The van der Waals surface area contributed by atoms with E-state index in [2.05, 4.69) is 15.1 Å². The molecule has 0 saturated heterocycles. The lowest BCUT2D eigenvalue weighted by atomic mass is 10.2. The second-order valence-corrected chi connectivity index (χ2v) is 7.66. The molecule has 3 aromatic rings. The van der Waals surface area contributed by atoms with Gasteiger partial charge in [-0.25, -0.2) is 14.6 Å². The van der Waals surface area contributed by atoms with Gasteiger partial charge in [-0.05, 0) is 12.1 Å². The number of halogens is 11. The number of nitriles is 1. The predicted octanol–water partition coefficient (Wildman–Crippen LogP) is 6.42. The Balaban J connectivity index is 2.43. The Labute approximate surface area is 203 Å². The van der Waals surface area contributed by atoms with Gasteiger partial charge in [-0.3, -0.25) is 4.79 Å². The van der Waals surface area contributed by atoms with E-state index in [1.165, 1.54) is 0 Å². The van der Waals surface area contributed by atoms with Crippen molar-refractivity contribution in [3.05, 3.63) is 39.3 Å². The fourth-order valence-electron chi connectivity index (χ4n) is 2.89. The zero-order valence-corrected chi connectivity index (χ0v) is 18.4. The highest BCUT2D eigenvalue weighted by atomic mass is 35.5. The predicted molar refractivity (Wildman–Crippen MR) is 105 cm³/mol. The molecule has 0 aliphatic rings. The summed E-state index contributed by atoms with van der Waals surface area (Å²) in [7, 11) is 0. The first kappa shape index (κ1) is 27.3. The van der Waals surface area contributed by atoms with E-state index < -0.39 is 86.9 Å². The van der Waals surface area contributed by atoms with Crippen molar-refractivity contribution in [2.45, 2.75) is 31.4 Å². The fraction of sp³-hybridized carbons (Fsp3) is 0.278.